The van der Waals surface area contributed by atoms with Crippen molar-refractivity contribution in [3.8, 4) is 0 Å². The minimum Gasteiger partial charge on any atom is -0.349 e. The van der Waals surface area contributed by atoms with E-state index in [0.717, 1.165) is 11.0 Å². The molecule has 1 aromatic carbocycles. The van der Waals surface area contributed by atoms with Gasteiger partial charge in [-0.1, -0.05) is 12.1 Å². The van der Waals surface area contributed by atoms with Crippen LogP contribution in [0.4, 0.5) is 0 Å². The summed E-state index contributed by atoms with van der Waals surface area (Å²) < 4.78 is 2.02. The SMILES string of the molecule is CC(CN)(NC(=O)CCn1cnc2ccccc21)C1CC1. The second-order valence-electron chi connectivity index (χ2n) is 6.12. The summed E-state index contributed by atoms with van der Waals surface area (Å²) in [5.74, 6) is 0.605. The Bertz CT molecular complexity index is 647. The number of hydrogen-bond donors (Lipinski definition) is 2. The lowest BCUT2D eigenvalue weighted by molar-refractivity contribution is -0.123. The van der Waals surface area contributed by atoms with Gasteiger partial charge in [-0.15, -0.1) is 0 Å². The molecule has 1 aromatic heterocycles. The smallest absolute Gasteiger partial charge is 0.222 e. The van der Waals surface area contributed by atoms with Gasteiger partial charge in [-0.05, 0) is 37.8 Å². The Labute approximate surface area is 124 Å². The maximum absolute atomic E-state index is 12.2. The number of hydrogen-bond acceptors (Lipinski definition) is 3. The third-order valence-electron chi connectivity index (χ3n) is 4.43. The first-order valence-electron chi connectivity index (χ1n) is 7.53. The highest BCUT2D eigenvalue weighted by Gasteiger charge is 2.41. The van der Waals surface area contributed by atoms with Crippen LogP contribution < -0.4 is 11.1 Å². The number of nitrogens with one attached hydrogen (secondary N) is 1. The molecule has 1 aliphatic rings. The molecule has 21 heavy (non-hydrogen) atoms. The molecule has 2 aromatic rings. The predicted molar refractivity (Wildman–Crippen MR) is 82.7 cm³/mol. The first-order valence-corrected chi connectivity index (χ1v) is 7.53. The number of amides is 1. The van der Waals surface area contributed by atoms with E-state index in [1.165, 1.54) is 12.8 Å². The molecule has 0 bridgehead atoms. The van der Waals surface area contributed by atoms with Crippen LogP contribution in [0.25, 0.3) is 11.0 Å². The fraction of sp³-hybridized carbons (Fsp3) is 0.500. The summed E-state index contributed by atoms with van der Waals surface area (Å²) in [5, 5.41) is 3.12. The fourth-order valence-electron chi connectivity index (χ4n) is 2.83. The van der Waals surface area contributed by atoms with Crippen molar-refractivity contribution in [1.29, 1.82) is 0 Å². The third kappa shape index (κ3) is 2.93. The summed E-state index contributed by atoms with van der Waals surface area (Å²) in [6.07, 6.45) is 4.57. The molecule has 0 saturated heterocycles. The summed E-state index contributed by atoms with van der Waals surface area (Å²) in [6, 6.07) is 7.95. The Morgan fingerprint density at radius 1 is 1.48 bits per heavy atom. The average molecular weight is 286 g/mol. The normalized spacial score (nSPS) is 17.6. The number of carbonyl (C=O) groups is 1. The van der Waals surface area contributed by atoms with Crippen LogP contribution in [-0.4, -0.2) is 27.5 Å². The van der Waals surface area contributed by atoms with Crippen molar-refractivity contribution in [1.82, 2.24) is 14.9 Å². The van der Waals surface area contributed by atoms with Gasteiger partial charge in [0, 0.05) is 19.5 Å². The molecule has 5 nitrogen and oxygen atoms in total. The van der Waals surface area contributed by atoms with Crippen LogP contribution >= 0.6 is 0 Å². The van der Waals surface area contributed by atoms with Crippen molar-refractivity contribution in [3.63, 3.8) is 0 Å². The maximum Gasteiger partial charge on any atom is 0.222 e. The number of rotatable bonds is 6. The summed E-state index contributed by atoms with van der Waals surface area (Å²) in [4.78, 5) is 16.5. The Balaban J connectivity index is 1.61. The number of para-hydroxylation sites is 2. The molecule has 1 heterocycles. The zero-order valence-corrected chi connectivity index (χ0v) is 12.4. The van der Waals surface area contributed by atoms with Gasteiger partial charge in [0.15, 0.2) is 0 Å². The monoisotopic (exact) mass is 286 g/mol. The lowest BCUT2D eigenvalue weighted by atomic mass is 9.96. The topological polar surface area (TPSA) is 72.9 Å². The molecular weight excluding hydrogens is 264 g/mol. The van der Waals surface area contributed by atoms with Gasteiger partial charge in [0.05, 0.1) is 22.9 Å². The van der Waals surface area contributed by atoms with Gasteiger partial charge >= 0.3 is 0 Å². The highest BCUT2D eigenvalue weighted by Crippen LogP contribution is 2.38. The number of nitrogens with zero attached hydrogens (tertiary/aromatic N) is 2. The van der Waals surface area contributed by atoms with E-state index in [-0.39, 0.29) is 11.4 Å². The van der Waals surface area contributed by atoms with Crippen LogP contribution in [0.1, 0.15) is 26.2 Å². The van der Waals surface area contributed by atoms with Gasteiger partial charge in [0.2, 0.25) is 5.91 Å². The zero-order chi connectivity index (χ0) is 14.9. The van der Waals surface area contributed by atoms with Crippen LogP contribution in [0.2, 0.25) is 0 Å². The molecule has 1 fully saturated rings. The fourth-order valence-corrected chi connectivity index (χ4v) is 2.83. The Morgan fingerprint density at radius 2 is 2.24 bits per heavy atom. The molecule has 0 spiro atoms. The van der Waals surface area contributed by atoms with Crippen molar-refractivity contribution in [2.24, 2.45) is 11.7 Å². The lowest BCUT2D eigenvalue weighted by Gasteiger charge is -2.29. The summed E-state index contributed by atoms with van der Waals surface area (Å²) in [7, 11) is 0. The molecule has 3 rings (SSSR count). The molecule has 1 unspecified atom stereocenters. The number of fused-ring (bicyclic) bond motifs is 1. The number of nitrogens with two attached hydrogens (primary N) is 1. The first kappa shape index (κ1) is 14.1. The second kappa shape index (κ2) is 5.48. The average Bonchev–Trinajstić information content (AvgIpc) is 3.27. The molecule has 0 radical (unpaired) electrons. The van der Waals surface area contributed by atoms with Crippen LogP contribution in [0.5, 0.6) is 0 Å². The molecule has 112 valence electrons. The summed E-state index contributed by atoms with van der Waals surface area (Å²) in [5.41, 5.74) is 7.61. The van der Waals surface area contributed by atoms with Gasteiger partial charge in [-0.2, -0.15) is 0 Å². The predicted octanol–water partition coefficient (Wildman–Crippen LogP) is 1.67. The van der Waals surface area contributed by atoms with Gasteiger partial charge in [-0.25, -0.2) is 4.98 Å². The molecule has 1 aliphatic carbocycles. The van der Waals surface area contributed by atoms with E-state index in [9.17, 15) is 4.79 Å². The molecule has 1 atom stereocenters. The molecule has 3 N–H and O–H groups in total. The zero-order valence-electron chi connectivity index (χ0n) is 12.4. The minimum atomic E-state index is -0.242. The highest BCUT2D eigenvalue weighted by atomic mass is 16.1. The van der Waals surface area contributed by atoms with Crippen LogP contribution in [0, 0.1) is 5.92 Å². The number of carbonyl (C=O) groups excluding carboxylic acids is 1. The van der Waals surface area contributed by atoms with E-state index in [1.807, 2.05) is 28.8 Å². The van der Waals surface area contributed by atoms with Crippen molar-refractivity contribution >= 4 is 16.9 Å². The van der Waals surface area contributed by atoms with Crippen LogP contribution in [0.15, 0.2) is 30.6 Å². The van der Waals surface area contributed by atoms with Crippen molar-refractivity contribution in [2.45, 2.75) is 38.3 Å². The van der Waals surface area contributed by atoms with Gasteiger partial charge < -0.3 is 15.6 Å². The quantitative estimate of drug-likeness (QED) is 0.848. The number of aryl methyl sites for hydroxylation is 1. The first-order chi connectivity index (χ1) is 10.1. The van der Waals surface area contributed by atoms with E-state index in [0.29, 0.717) is 25.4 Å². The van der Waals surface area contributed by atoms with Gasteiger partial charge in [0.1, 0.15) is 0 Å². The third-order valence-corrected chi connectivity index (χ3v) is 4.43. The largest absolute Gasteiger partial charge is 0.349 e. The maximum atomic E-state index is 12.2. The highest BCUT2D eigenvalue weighted by molar-refractivity contribution is 5.78. The standard InChI is InChI=1S/C16H22N4O/c1-16(10-17,12-6-7-12)19-15(21)8-9-20-11-18-13-4-2-3-5-14(13)20/h2-5,11-12H,6-10,17H2,1H3,(H,19,21). The van der Waals surface area contributed by atoms with Crippen molar-refractivity contribution in [2.75, 3.05) is 6.54 Å². The number of aromatic nitrogens is 2. The number of benzene rings is 1. The molecule has 5 heteroatoms. The Kier molecular flexibility index (Phi) is 3.68. The second-order valence-corrected chi connectivity index (χ2v) is 6.12. The molecular formula is C16H22N4O. The van der Waals surface area contributed by atoms with Crippen molar-refractivity contribution in [3.05, 3.63) is 30.6 Å². The number of imidazole rings is 1. The molecule has 1 saturated carbocycles. The van der Waals surface area contributed by atoms with E-state index in [1.54, 1.807) is 6.33 Å². The molecule has 0 aliphatic heterocycles. The van der Waals surface area contributed by atoms with E-state index in [4.69, 9.17) is 5.73 Å². The van der Waals surface area contributed by atoms with Crippen molar-refractivity contribution < 1.29 is 4.79 Å². The van der Waals surface area contributed by atoms with E-state index >= 15 is 0 Å². The van der Waals surface area contributed by atoms with E-state index in [2.05, 4.69) is 17.2 Å². The van der Waals surface area contributed by atoms with Crippen LogP contribution in [0.3, 0.4) is 0 Å². The Morgan fingerprint density at radius 3 is 2.95 bits per heavy atom. The van der Waals surface area contributed by atoms with E-state index < -0.39 is 0 Å². The van der Waals surface area contributed by atoms with Gasteiger partial charge in [0.25, 0.3) is 0 Å². The minimum absolute atomic E-state index is 0.0626. The van der Waals surface area contributed by atoms with Gasteiger partial charge in [-0.3, -0.25) is 4.79 Å². The summed E-state index contributed by atoms with van der Waals surface area (Å²) >= 11 is 0. The molecule has 1 amide bonds. The Hall–Kier alpha value is -1.88. The lowest BCUT2D eigenvalue weighted by Crippen LogP contribution is -2.53. The summed E-state index contributed by atoms with van der Waals surface area (Å²) in [6.45, 7) is 3.18. The van der Waals surface area contributed by atoms with Crippen LogP contribution in [-0.2, 0) is 11.3 Å².